The Bertz CT molecular complexity index is 2510. The SMILES string of the molecule is CC(C)(C)c1cc2c3c(c1)Sc1cc(N4C5=C(CCCC5)Oc5ccccc54)ccc1B3c1ccc(-n3c4c(c5ccccc53)CCC4)cc1O2. The van der Waals surface area contributed by atoms with Crippen LogP contribution in [0.4, 0.5) is 11.4 Å². The van der Waals surface area contributed by atoms with Gasteiger partial charge in [0.25, 0.3) is 6.71 Å². The molecule has 0 bridgehead atoms. The lowest BCUT2D eigenvalue weighted by Crippen LogP contribution is -2.57. The maximum Gasteiger partial charge on any atom is 0.253 e. The number of allylic oxidation sites excluding steroid dienone is 2. The van der Waals surface area contributed by atoms with Gasteiger partial charge in [-0.05, 0) is 115 Å². The number of anilines is 2. The number of fused-ring (bicyclic) bond motifs is 8. The largest absolute Gasteiger partial charge is 0.458 e. The van der Waals surface area contributed by atoms with E-state index >= 15 is 0 Å². The number of rotatable bonds is 2. The van der Waals surface area contributed by atoms with Gasteiger partial charge in [-0.3, -0.25) is 0 Å². The van der Waals surface area contributed by atoms with Gasteiger partial charge in [0.15, 0.2) is 5.75 Å². The summed E-state index contributed by atoms with van der Waals surface area (Å²) < 4.78 is 16.0. The zero-order chi connectivity index (χ0) is 34.0. The molecule has 51 heavy (non-hydrogen) atoms. The highest BCUT2D eigenvalue weighted by Gasteiger charge is 2.41. The summed E-state index contributed by atoms with van der Waals surface area (Å²) in [5.74, 6) is 4.04. The molecule has 4 heterocycles. The van der Waals surface area contributed by atoms with Gasteiger partial charge in [-0.1, -0.05) is 80.5 Å². The summed E-state index contributed by atoms with van der Waals surface area (Å²) in [5.41, 5.74) is 14.3. The van der Waals surface area contributed by atoms with E-state index in [1.807, 2.05) is 11.8 Å². The number of benzene rings is 5. The Hall–Kier alpha value is -4.81. The lowest BCUT2D eigenvalue weighted by atomic mass is 9.35. The molecule has 0 atom stereocenters. The fraction of sp³-hybridized carbons (Fsp3) is 0.244. The highest BCUT2D eigenvalue weighted by Crippen LogP contribution is 2.48. The van der Waals surface area contributed by atoms with Crippen LogP contribution in [0.2, 0.25) is 0 Å². The molecule has 3 aliphatic heterocycles. The third kappa shape index (κ3) is 4.42. The Morgan fingerprint density at radius 3 is 2.41 bits per heavy atom. The lowest BCUT2D eigenvalue weighted by Gasteiger charge is -2.38. The van der Waals surface area contributed by atoms with Crippen molar-refractivity contribution in [1.82, 2.24) is 4.57 Å². The van der Waals surface area contributed by atoms with E-state index in [2.05, 4.69) is 127 Å². The number of ether oxygens (including phenoxy) is 2. The second-order valence-corrected chi connectivity index (χ2v) is 16.9. The van der Waals surface area contributed by atoms with Gasteiger partial charge in [0.1, 0.15) is 17.3 Å². The maximum absolute atomic E-state index is 7.01. The second-order valence-electron chi connectivity index (χ2n) is 15.8. The van der Waals surface area contributed by atoms with E-state index < -0.39 is 0 Å². The van der Waals surface area contributed by atoms with Crippen molar-refractivity contribution in [2.45, 2.75) is 80.9 Å². The maximum atomic E-state index is 7.01. The molecule has 4 nitrogen and oxygen atoms in total. The van der Waals surface area contributed by atoms with Crippen LogP contribution in [0.25, 0.3) is 16.6 Å². The third-order valence-corrected chi connectivity index (χ3v) is 12.9. The summed E-state index contributed by atoms with van der Waals surface area (Å²) in [5, 5.41) is 1.39. The van der Waals surface area contributed by atoms with Crippen LogP contribution in [-0.2, 0) is 18.3 Å². The van der Waals surface area contributed by atoms with Crippen molar-refractivity contribution in [1.29, 1.82) is 0 Å². The summed E-state index contributed by atoms with van der Waals surface area (Å²) in [6.07, 6.45) is 7.88. The van der Waals surface area contributed by atoms with Crippen molar-refractivity contribution >= 4 is 57.1 Å². The molecule has 2 aliphatic carbocycles. The molecule has 6 aromatic rings. The molecule has 11 rings (SSSR count). The van der Waals surface area contributed by atoms with Gasteiger partial charge in [0.05, 0.1) is 16.9 Å². The van der Waals surface area contributed by atoms with Crippen LogP contribution < -0.4 is 30.8 Å². The van der Waals surface area contributed by atoms with E-state index in [0.717, 1.165) is 54.4 Å². The molecule has 0 saturated carbocycles. The molecule has 0 amide bonds. The van der Waals surface area contributed by atoms with Gasteiger partial charge in [-0.25, -0.2) is 0 Å². The molecule has 5 aliphatic rings. The molecule has 6 heteroatoms. The first-order chi connectivity index (χ1) is 24.9. The number of nitrogens with zero attached hydrogens (tertiary/aromatic N) is 2. The summed E-state index contributed by atoms with van der Waals surface area (Å²) in [6, 6.07) is 36.3. The van der Waals surface area contributed by atoms with Crippen molar-refractivity contribution in [3.8, 4) is 22.9 Å². The van der Waals surface area contributed by atoms with E-state index in [0.29, 0.717) is 0 Å². The highest BCUT2D eigenvalue weighted by molar-refractivity contribution is 8.00. The van der Waals surface area contributed by atoms with E-state index in [1.54, 1.807) is 0 Å². The number of para-hydroxylation sites is 3. The fourth-order valence-electron chi connectivity index (χ4n) is 9.32. The Morgan fingerprint density at radius 2 is 1.49 bits per heavy atom. The van der Waals surface area contributed by atoms with Crippen LogP contribution >= 0.6 is 11.8 Å². The third-order valence-electron chi connectivity index (χ3n) is 11.8. The number of aryl methyl sites for hydroxylation is 1. The van der Waals surface area contributed by atoms with Crippen molar-refractivity contribution in [2.75, 3.05) is 4.90 Å². The minimum Gasteiger partial charge on any atom is -0.458 e. The van der Waals surface area contributed by atoms with Crippen LogP contribution in [0.1, 0.15) is 69.7 Å². The summed E-state index contributed by atoms with van der Waals surface area (Å²) >= 11 is 1.90. The van der Waals surface area contributed by atoms with E-state index in [-0.39, 0.29) is 12.1 Å². The monoisotopic (exact) mass is 682 g/mol. The zero-order valence-electron chi connectivity index (χ0n) is 29.4. The topological polar surface area (TPSA) is 26.6 Å². The van der Waals surface area contributed by atoms with Gasteiger partial charge in [0, 0.05) is 44.7 Å². The van der Waals surface area contributed by atoms with E-state index in [1.165, 1.54) is 90.2 Å². The normalized spacial score (nSPS) is 16.8. The number of hydrogen-bond acceptors (Lipinski definition) is 4. The molecule has 0 N–H and O–H groups in total. The van der Waals surface area contributed by atoms with Gasteiger partial charge < -0.3 is 18.9 Å². The number of hydrogen-bond donors (Lipinski definition) is 0. The van der Waals surface area contributed by atoms with Crippen molar-refractivity contribution in [3.05, 3.63) is 125 Å². The van der Waals surface area contributed by atoms with Gasteiger partial charge in [-0.2, -0.15) is 0 Å². The quantitative estimate of drug-likeness (QED) is 0.170. The lowest BCUT2D eigenvalue weighted by molar-refractivity contribution is 0.363. The first kappa shape index (κ1) is 29.9. The molecule has 1 aromatic heterocycles. The predicted octanol–water partition coefficient (Wildman–Crippen LogP) is 9.82. The Morgan fingerprint density at radius 1 is 0.667 bits per heavy atom. The van der Waals surface area contributed by atoms with Crippen LogP contribution in [0.3, 0.4) is 0 Å². The van der Waals surface area contributed by atoms with Gasteiger partial charge in [-0.15, -0.1) is 0 Å². The Kier molecular flexibility index (Phi) is 6.36. The molecular weight excluding hydrogens is 643 g/mol. The molecule has 0 fully saturated rings. The molecular formula is C45H39BN2O2S. The Labute approximate surface area is 304 Å². The molecule has 0 saturated heterocycles. The number of aromatic nitrogens is 1. The molecule has 0 radical (unpaired) electrons. The average molecular weight is 683 g/mol. The van der Waals surface area contributed by atoms with Crippen LogP contribution in [0.15, 0.2) is 118 Å². The van der Waals surface area contributed by atoms with Crippen LogP contribution in [0.5, 0.6) is 17.2 Å². The minimum absolute atomic E-state index is 0.0127. The highest BCUT2D eigenvalue weighted by atomic mass is 32.2. The smallest absolute Gasteiger partial charge is 0.253 e. The first-order valence-electron chi connectivity index (χ1n) is 18.6. The fourth-order valence-corrected chi connectivity index (χ4v) is 10.6. The summed E-state index contributed by atoms with van der Waals surface area (Å²) in [4.78, 5) is 5.09. The van der Waals surface area contributed by atoms with Crippen molar-refractivity contribution < 1.29 is 9.47 Å². The van der Waals surface area contributed by atoms with Gasteiger partial charge >= 0.3 is 0 Å². The molecule has 0 spiro atoms. The minimum atomic E-state index is -0.0127. The van der Waals surface area contributed by atoms with E-state index in [4.69, 9.17) is 9.47 Å². The molecule has 0 unspecified atom stereocenters. The second kappa shape index (κ2) is 10.9. The summed E-state index contributed by atoms with van der Waals surface area (Å²) in [7, 11) is 0. The van der Waals surface area contributed by atoms with Gasteiger partial charge in [0.2, 0.25) is 0 Å². The van der Waals surface area contributed by atoms with Crippen molar-refractivity contribution in [3.63, 3.8) is 0 Å². The van der Waals surface area contributed by atoms with Crippen LogP contribution in [-0.4, -0.2) is 11.3 Å². The Balaban J connectivity index is 1.09. The zero-order valence-corrected chi connectivity index (χ0v) is 30.2. The summed E-state index contributed by atoms with van der Waals surface area (Å²) in [6.45, 7) is 7.00. The van der Waals surface area contributed by atoms with Crippen molar-refractivity contribution in [2.24, 2.45) is 0 Å². The molecule has 250 valence electrons. The van der Waals surface area contributed by atoms with Crippen LogP contribution in [0, 0.1) is 0 Å². The first-order valence-corrected chi connectivity index (χ1v) is 19.4. The average Bonchev–Trinajstić information content (AvgIpc) is 3.74. The standard InChI is InChI=1S/C45H39BN2O2S/c1-45(2,3)27-23-41-44-43(24-27)51-42-26-29(48-36-14-6-8-17-38(36)49-39-18-9-7-15-37(39)48)20-22-33(42)46(44)32-21-19-28(25-40(32)50-41)47-34-13-5-4-11-30(34)31-12-10-16-35(31)47/h4-6,8,11,13-14,17,19-26H,7,9-10,12,15-16,18H2,1-3H3. The predicted molar refractivity (Wildman–Crippen MR) is 210 cm³/mol. The van der Waals surface area contributed by atoms with E-state index in [9.17, 15) is 0 Å². The molecule has 5 aromatic carbocycles.